The molecule has 0 spiro atoms. The van der Waals surface area contributed by atoms with Gasteiger partial charge >= 0.3 is 5.97 Å². The van der Waals surface area contributed by atoms with E-state index in [1.807, 2.05) is 18.2 Å². The van der Waals surface area contributed by atoms with E-state index in [2.05, 4.69) is 21.0 Å². The van der Waals surface area contributed by atoms with Crippen LogP contribution < -0.4 is 11.5 Å². The highest BCUT2D eigenvalue weighted by molar-refractivity contribution is 7.18. The van der Waals surface area contributed by atoms with E-state index < -0.39 is 0 Å². The second-order valence-corrected chi connectivity index (χ2v) is 7.66. The summed E-state index contributed by atoms with van der Waals surface area (Å²) in [7, 11) is 0. The number of aromatic nitrogens is 4. The zero-order valence-corrected chi connectivity index (χ0v) is 15.5. The van der Waals surface area contributed by atoms with Gasteiger partial charge in [0.25, 0.3) is 0 Å². The van der Waals surface area contributed by atoms with E-state index >= 15 is 0 Å². The van der Waals surface area contributed by atoms with E-state index in [4.69, 9.17) is 21.2 Å². The molecule has 1 aliphatic rings. The van der Waals surface area contributed by atoms with Crippen LogP contribution in [0.1, 0.15) is 42.4 Å². The first-order valence-corrected chi connectivity index (χ1v) is 9.70. The number of carbonyl (C=O) groups is 1. The first-order valence-electron chi connectivity index (χ1n) is 8.88. The summed E-state index contributed by atoms with van der Waals surface area (Å²) in [6.45, 7) is -0.0706. The van der Waals surface area contributed by atoms with Gasteiger partial charge in [-0.25, -0.2) is 4.98 Å². The lowest BCUT2D eigenvalue weighted by Crippen LogP contribution is -2.27. The van der Waals surface area contributed by atoms with Crippen molar-refractivity contribution >= 4 is 39.4 Å². The Labute approximate surface area is 160 Å². The molecule has 2 aromatic heterocycles. The van der Waals surface area contributed by atoms with Crippen molar-refractivity contribution < 1.29 is 9.53 Å². The third-order valence-electron chi connectivity index (χ3n) is 4.76. The highest BCUT2D eigenvalue weighted by Gasteiger charge is 2.35. The minimum Gasteiger partial charge on any atom is -0.457 e. The Morgan fingerprint density at radius 1 is 1.07 bits per heavy atom. The summed E-state index contributed by atoms with van der Waals surface area (Å²) in [5, 5.41) is 1.01. The molecule has 0 aliphatic heterocycles. The van der Waals surface area contributed by atoms with E-state index in [1.165, 1.54) is 0 Å². The topological polar surface area (TPSA) is 130 Å². The smallest absolute Gasteiger partial charge is 0.310 e. The minimum absolute atomic E-state index is 0.0126. The maximum absolute atomic E-state index is 12.8. The Morgan fingerprint density at radius 2 is 1.81 bits per heavy atom. The molecule has 0 amide bonds. The number of esters is 1. The molecule has 8 nitrogen and oxygen atoms in total. The molecular formula is C18H20N6O2S. The summed E-state index contributed by atoms with van der Waals surface area (Å²) >= 11 is 1.66. The molecule has 1 saturated carbocycles. The molecule has 0 unspecified atom stereocenters. The normalized spacial score (nSPS) is 19.9. The van der Waals surface area contributed by atoms with E-state index in [9.17, 15) is 4.79 Å². The Kier molecular flexibility index (Phi) is 4.85. The standard InChI is InChI=1S/C18H20N6O2S/c19-17-22-14(23-18(20)24-17)9-26-16(25)11-6-2-1-5-10(11)15-21-12-7-3-4-8-13(12)27-15/h3-4,7-8,10-11H,1-2,5-6,9H2,(H4,19,20,22,23,24)/t10-,11-/m0/s1. The van der Waals surface area contributed by atoms with Gasteiger partial charge in [-0.3, -0.25) is 4.79 Å². The van der Waals surface area contributed by atoms with E-state index in [1.54, 1.807) is 11.3 Å². The van der Waals surface area contributed by atoms with Gasteiger partial charge in [0.05, 0.1) is 21.1 Å². The lowest BCUT2D eigenvalue weighted by molar-refractivity contribution is -0.152. The zero-order valence-electron chi connectivity index (χ0n) is 14.7. The summed E-state index contributed by atoms with van der Waals surface area (Å²) in [6.07, 6.45) is 3.82. The van der Waals surface area contributed by atoms with Crippen LogP contribution in [0.15, 0.2) is 24.3 Å². The van der Waals surface area contributed by atoms with Crippen molar-refractivity contribution in [3.8, 4) is 0 Å². The van der Waals surface area contributed by atoms with Crippen LogP contribution in [0.5, 0.6) is 0 Å². The lowest BCUT2D eigenvalue weighted by Gasteiger charge is -2.28. The molecule has 3 aromatic rings. The molecule has 2 atom stereocenters. The summed E-state index contributed by atoms with van der Waals surface area (Å²) in [5.41, 5.74) is 12.1. The summed E-state index contributed by atoms with van der Waals surface area (Å²) in [6, 6.07) is 8.04. The number of fused-ring (bicyclic) bond motifs is 1. The molecule has 0 radical (unpaired) electrons. The molecule has 9 heteroatoms. The van der Waals surface area contributed by atoms with Gasteiger partial charge in [0, 0.05) is 5.92 Å². The Bertz CT molecular complexity index is 922. The number of thiazole rings is 1. The first kappa shape index (κ1) is 17.6. The maximum Gasteiger partial charge on any atom is 0.310 e. The van der Waals surface area contributed by atoms with Crippen molar-refractivity contribution in [3.05, 3.63) is 35.1 Å². The van der Waals surface area contributed by atoms with Crippen LogP contribution in [0.25, 0.3) is 10.2 Å². The largest absolute Gasteiger partial charge is 0.457 e. The minimum atomic E-state index is -0.253. The van der Waals surface area contributed by atoms with Crippen molar-refractivity contribution in [2.75, 3.05) is 11.5 Å². The summed E-state index contributed by atoms with van der Waals surface area (Å²) in [4.78, 5) is 29.1. The fourth-order valence-electron chi connectivity index (χ4n) is 3.52. The molecular weight excluding hydrogens is 364 g/mol. The average molecular weight is 384 g/mol. The number of hydrogen-bond acceptors (Lipinski definition) is 9. The number of rotatable bonds is 4. The highest BCUT2D eigenvalue weighted by Crippen LogP contribution is 2.41. The maximum atomic E-state index is 12.8. The van der Waals surface area contributed by atoms with E-state index in [-0.39, 0.29) is 42.1 Å². The molecule has 1 fully saturated rings. The predicted molar refractivity (Wildman–Crippen MR) is 103 cm³/mol. The molecule has 1 aromatic carbocycles. The van der Waals surface area contributed by atoms with Crippen LogP contribution in [0.2, 0.25) is 0 Å². The fourth-order valence-corrected chi connectivity index (χ4v) is 4.69. The lowest BCUT2D eigenvalue weighted by atomic mass is 9.79. The van der Waals surface area contributed by atoms with Gasteiger partial charge < -0.3 is 16.2 Å². The molecule has 2 heterocycles. The van der Waals surface area contributed by atoms with Gasteiger partial charge in [-0.15, -0.1) is 11.3 Å². The highest BCUT2D eigenvalue weighted by atomic mass is 32.1. The monoisotopic (exact) mass is 384 g/mol. The molecule has 140 valence electrons. The number of ether oxygens (including phenoxy) is 1. The third kappa shape index (κ3) is 3.82. The molecule has 0 saturated heterocycles. The van der Waals surface area contributed by atoms with Gasteiger partial charge in [0.2, 0.25) is 11.9 Å². The van der Waals surface area contributed by atoms with E-state index in [0.29, 0.717) is 0 Å². The molecule has 0 bridgehead atoms. The molecule has 4 rings (SSSR count). The average Bonchev–Trinajstić information content (AvgIpc) is 3.09. The van der Waals surface area contributed by atoms with Crippen molar-refractivity contribution in [2.45, 2.75) is 38.2 Å². The number of para-hydroxylation sites is 1. The van der Waals surface area contributed by atoms with Crippen LogP contribution in [-0.2, 0) is 16.1 Å². The Hall–Kier alpha value is -2.81. The van der Waals surface area contributed by atoms with E-state index in [0.717, 1.165) is 40.9 Å². The zero-order chi connectivity index (χ0) is 18.8. The van der Waals surface area contributed by atoms with Crippen molar-refractivity contribution in [2.24, 2.45) is 5.92 Å². The predicted octanol–water partition coefficient (Wildman–Crippen LogP) is 2.66. The number of nitrogen functional groups attached to an aromatic ring is 2. The number of carbonyl (C=O) groups excluding carboxylic acids is 1. The summed E-state index contributed by atoms with van der Waals surface area (Å²) < 4.78 is 6.62. The van der Waals surface area contributed by atoms with Crippen LogP contribution in [0, 0.1) is 5.92 Å². The Morgan fingerprint density at radius 3 is 2.59 bits per heavy atom. The van der Waals surface area contributed by atoms with Gasteiger partial charge in [-0.05, 0) is 25.0 Å². The van der Waals surface area contributed by atoms with Gasteiger partial charge in [-0.2, -0.15) is 15.0 Å². The number of benzene rings is 1. The van der Waals surface area contributed by atoms with Gasteiger partial charge in [-0.1, -0.05) is 25.0 Å². The number of nitrogens with two attached hydrogens (primary N) is 2. The molecule has 4 N–H and O–H groups in total. The van der Waals surface area contributed by atoms with Crippen molar-refractivity contribution in [1.82, 2.24) is 19.9 Å². The molecule has 27 heavy (non-hydrogen) atoms. The first-order chi connectivity index (χ1) is 13.1. The van der Waals surface area contributed by atoms with Crippen LogP contribution in [0.4, 0.5) is 11.9 Å². The fraction of sp³-hybridized carbons (Fsp3) is 0.389. The van der Waals surface area contributed by atoms with Crippen LogP contribution in [0.3, 0.4) is 0 Å². The van der Waals surface area contributed by atoms with Crippen LogP contribution in [-0.4, -0.2) is 25.9 Å². The van der Waals surface area contributed by atoms with Gasteiger partial charge in [0.1, 0.15) is 0 Å². The number of anilines is 2. The molecule has 1 aliphatic carbocycles. The van der Waals surface area contributed by atoms with Crippen molar-refractivity contribution in [1.29, 1.82) is 0 Å². The van der Waals surface area contributed by atoms with Gasteiger partial charge in [0.15, 0.2) is 12.4 Å². The quantitative estimate of drug-likeness (QED) is 0.657. The Balaban J connectivity index is 1.50. The third-order valence-corrected chi connectivity index (χ3v) is 5.92. The number of hydrogen-bond donors (Lipinski definition) is 2. The SMILES string of the molecule is Nc1nc(N)nc(COC(=O)[C@H]2CCCC[C@@H]2c2nc3ccccc3s2)n1. The second-order valence-electron chi connectivity index (χ2n) is 6.59. The second kappa shape index (κ2) is 7.43. The summed E-state index contributed by atoms with van der Waals surface area (Å²) in [5.74, 6) is -0.109. The van der Waals surface area contributed by atoms with Crippen molar-refractivity contribution in [3.63, 3.8) is 0 Å². The van der Waals surface area contributed by atoms with Crippen LogP contribution >= 0.6 is 11.3 Å². The number of nitrogens with zero attached hydrogens (tertiary/aromatic N) is 4.